The van der Waals surface area contributed by atoms with E-state index in [1.165, 1.54) is 63.1 Å². The molecule has 2 heterocycles. The Kier molecular flexibility index (Phi) is 5.12. The molecule has 0 aromatic heterocycles. The molecule has 0 spiro atoms. The minimum absolute atomic E-state index is 0. The molecule has 3 rings (SSSR count). The summed E-state index contributed by atoms with van der Waals surface area (Å²) in [6, 6.07) is 6.98. The molecule has 2 aliphatic rings. The molecule has 0 atom stereocenters. The predicted octanol–water partition coefficient (Wildman–Crippen LogP) is 3.17. The Balaban J connectivity index is 0.00000133. The van der Waals surface area contributed by atoms with E-state index in [0.717, 1.165) is 5.92 Å². The Hall–Kier alpha value is -0.730. The summed E-state index contributed by atoms with van der Waals surface area (Å²) < 4.78 is 0. The van der Waals surface area contributed by atoms with Gasteiger partial charge in [-0.2, -0.15) is 0 Å². The van der Waals surface area contributed by atoms with Crippen LogP contribution in [0.5, 0.6) is 0 Å². The van der Waals surface area contributed by atoms with Gasteiger partial charge in [-0.1, -0.05) is 17.7 Å². The first-order valence-corrected chi connectivity index (χ1v) is 7.38. The maximum atomic E-state index is 3.46. The Labute approximate surface area is 123 Å². The van der Waals surface area contributed by atoms with Gasteiger partial charge in [0.25, 0.3) is 0 Å². The van der Waals surface area contributed by atoms with E-state index in [1.54, 1.807) is 5.56 Å². The standard InChI is InChI=1S/C16H24N2.ClH/c1-13-4-5-16-15(11-13)3-2-10-18(16)12-14-6-8-17-9-7-14;/h4-5,11,14,17H,2-3,6-10,12H2,1H3;1H. The lowest BCUT2D eigenvalue weighted by Crippen LogP contribution is -2.38. The van der Waals surface area contributed by atoms with Crippen molar-refractivity contribution >= 4 is 18.1 Å². The summed E-state index contributed by atoms with van der Waals surface area (Å²) in [7, 11) is 0. The zero-order chi connectivity index (χ0) is 12.4. The molecule has 3 heteroatoms. The molecule has 0 unspecified atom stereocenters. The maximum Gasteiger partial charge on any atom is 0.0399 e. The minimum atomic E-state index is 0. The van der Waals surface area contributed by atoms with Gasteiger partial charge in [-0.15, -0.1) is 12.4 Å². The van der Waals surface area contributed by atoms with E-state index in [-0.39, 0.29) is 12.4 Å². The van der Waals surface area contributed by atoms with E-state index >= 15 is 0 Å². The van der Waals surface area contributed by atoms with Gasteiger partial charge in [-0.05, 0) is 63.2 Å². The van der Waals surface area contributed by atoms with Crippen molar-refractivity contribution in [2.45, 2.75) is 32.6 Å². The average Bonchev–Trinajstić information content (AvgIpc) is 2.40. The largest absolute Gasteiger partial charge is 0.371 e. The Morgan fingerprint density at radius 1 is 1.26 bits per heavy atom. The van der Waals surface area contributed by atoms with Crippen molar-refractivity contribution in [1.82, 2.24) is 5.32 Å². The summed E-state index contributed by atoms with van der Waals surface area (Å²) in [5.74, 6) is 0.888. The normalized spacial score (nSPS) is 19.7. The first kappa shape index (κ1) is 14.7. The summed E-state index contributed by atoms with van der Waals surface area (Å²) in [6.45, 7) is 7.13. The van der Waals surface area contributed by atoms with Gasteiger partial charge in [0.2, 0.25) is 0 Å². The van der Waals surface area contributed by atoms with Gasteiger partial charge >= 0.3 is 0 Å². The number of hydrogen-bond acceptors (Lipinski definition) is 2. The average molecular weight is 281 g/mol. The lowest BCUT2D eigenvalue weighted by Gasteiger charge is -2.35. The summed E-state index contributed by atoms with van der Waals surface area (Å²) in [6.07, 6.45) is 5.27. The van der Waals surface area contributed by atoms with Crippen LogP contribution in [0, 0.1) is 12.8 Å². The van der Waals surface area contributed by atoms with Gasteiger partial charge in [-0.25, -0.2) is 0 Å². The van der Waals surface area contributed by atoms with Crippen LogP contribution < -0.4 is 10.2 Å². The van der Waals surface area contributed by atoms with Crippen molar-refractivity contribution in [2.75, 3.05) is 31.1 Å². The zero-order valence-corrected chi connectivity index (χ0v) is 12.6. The number of nitrogens with one attached hydrogen (secondary N) is 1. The van der Waals surface area contributed by atoms with Gasteiger partial charge in [0.15, 0.2) is 0 Å². The molecule has 1 saturated heterocycles. The van der Waals surface area contributed by atoms with Crippen molar-refractivity contribution in [3.8, 4) is 0 Å². The fourth-order valence-corrected chi connectivity index (χ4v) is 3.37. The van der Waals surface area contributed by atoms with Crippen molar-refractivity contribution in [1.29, 1.82) is 0 Å². The number of rotatable bonds is 2. The third-order valence-corrected chi connectivity index (χ3v) is 4.39. The predicted molar refractivity (Wildman–Crippen MR) is 84.6 cm³/mol. The quantitative estimate of drug-likeness (QED) is 0.895. The van der Waals surface area contributed by atoms with Gasteiger partial charge in [0.1, 0.15) is 0 Å². The van der Waals surface area contributed by atoms with Crippen molar-refractivity contribution in [2.24, 2.45) is 5.92 Å². The van der Waals surface area contributed by atoms with Crippen molar-refractivity contribution < 1.29 is 0 Å². The van der Waals surface area contributed by atoms with Gasteiger partial charge in [0, 0.05) is 18.8 Å². The summed E-state index contributed by atoms with van der Waals surface area (Å²) in [5.41, 5.74) is 4.47. The topological polar surface area (TPSA) is 15.3 Å². The molecule has 0 radical (unpaired) electrons. The van der Waals surface area contributed by atoms with Crippen LogP contribution in [-0.2, 0) is 6.42 Å². The van der Waals surface area contributed by atoms with Crippen LogP contribution in [0.25, 0.3) is 0 Å². The zero-order valence-electron chi connectivity index (χ0n) is 11.8. The highest BCUT2D eigenvalue weighted by molar-refractivity contribution is 5.85. The second-order valence-corrected chi connectivity index (χ2v) is 5.88. The molecule has 2 nitrogen and oxygen atoms in total. The fourth-order valence-electron chi connectivity index (χ4n) is 3.37. The molecule has 1 N–H and O–H groups in total. The highest BCUT2D eigenvalue weighted by Gasteiger charge is 2.21. The molecule has 2 aliphatic heterocycles. The number of halogens is 1. The van der Waals surface area contributed by atoms with Crippen LogP contribution in [0.2, 0.25) is 0 Å². The van der Waals surface area contributed by atoms with E-state index in [2.05, 4.69) is 35.3 Å². The van der Waals surface area contributed by atoms with E-state index in [0.29, 0.717) is 0 Å². The molecule has 0 saturated carbocycles. The number of hydrogen-bond donors (Lipinski definition) is 1. The van der Waals surface area contributed by atoms with Gasteiger partial charge < -0.3 is 10.2 Å². The number of benzene rings is 1. The van der Waals surface area contributed by atoms with Crippen LogP contribution >= 0.6 is 12.4 Å². The number of aryl methyl sites for hydroxylation is 2. The van der Waals surface area contributed by atoms with E-state index in [9.17, 15) is 0 Å². The van der Waals surface area contributed by atoms with E-state index < -0.39 is 0 Å². The van der Waals surface area contributed by atoms with Crippen molar-refractivity contribution in [3.05, 3.63) is 29.3 Å². The highest BCUT2D eigenvalue weighted by Crippen LogP contribution is 2.29. The molecule has 0 aliphatic carbocycles. The highest BCUT2D eigenvalue weighted by atomic mass is 35.5. The molecule has 1 aromatic rings. The Morgan fingerprint density at radius 2 is 2.05 bits per heavy atom. The second kappa shape index (κ2) is 6.62. The number of anilines is 1. The molecular weight excluding hydrogens is 256 g/mol. The number of piperidine rings is 1. The fraction of sp³-hybridized carbons (Fsp3) is 0.625. The minimum Gasteiger partial charge on any atom is -0.371 e. The van der Waals surface area contributed by atoms with Crippen LogP contribution in [0.4, 0.5) is 5.69 Å². The number of fused-ring (bicyclic) bond motifs is 1. The lowest BCUT2D eigenvalue weighted by molar-refractivity contribution is 0.371. The Bertz CT molecular complexity index is 413. The summed E-state index contributed by atoms with van der Waals surface area (Å²) >= 11 is 0. The van der Waals surface area contributed by atoms with Crippen LogP contribution in [0.1, 0.15) is 30.4 Å². The van der Waals surface area contributed by atoms with Crippen LogP contribution in [0.3, 0.4) is 0 Å². The molecule has 0 amide bonds. The molecule has 1 aromatic carbocycles. The molecule has 19 heavy (non-hydrogen) atoms. The second-order valence-electron chi connectivity index (χ2n) is 5.88. The maximum absolute atomic E-state index is 3.46. The van der Waals surface area contributed by atoms with E-state index in [1.807, 2.05) is 0 Å². The first-order chi connectivity index (χ1) is 8.83. The molecule has 106 valence electrons. The van der Waals surface area contributed by atoms with Crippen molar-refractivity contribution in [3.63, 3.8) is 0 Å². The third-order valence-electron chi connectivity index (χ3n) is 4.39. The van der Waals surface area contributed by atoms with Crippen LogP contribution in [-0.4, -0.2) is 26.2 Å². The van der Waals surface area contributed by atoms with Crippen LogP contribution in [0.15, 0.2) is 18.2 Å². The summed E-state index contributed by atoms with van der Waals surface area (Å²) in [4.78, 5) is 2.63. The molecular formula is C16H25ClN2. The number of nitrogens with zero attached hydrogens (tertiary/aromatic N) is 1. The van der Waals surface area contributed by atoms with Gasteiger partial charge in [-0.3, -0.25) is 0 Å². The van der Waals surface area contributed by atoms with E-state index in [4.69, 9.17) is 0 Å². The summed E-state index contributed by atoms with van der Waals surface area (Å²) in [5, 5.41) is 3.46. The Morgan fingerprint density at radius 3 is 2.84 bits per heavy atom. The monoisotopic (exact) mass is 280 g/mol. The lowest BCUT2D eigenvalue weighted by atomic mass is 9.94. The van der Waals surface area contributed by atoms with Gasteiger partial charge in [0.05, 0.1) is 0 Å². The first-order valence-electron chi connectivity index (χ1n) is 7.38. The SMILES string of the molecule is Cc1ccc2c(c1)CCCN2CC1CCNCC1.Cl. The molecule has 1 fully saturated rings. The molecule has 0 bridgehead atoms. The third kappa shape index (κ3) is 3.43. The smallest absolute Gasteiger partial charge is 0.0399 e.